The average Bonchev–Trinajstić information content (AvgIpc) is 3.24. The summed E-state index contributed by atoms with van der Waals surface area (Å²) >= 11 is 1.46. The van der Waals surface area contributed by atoms with Gasteiger partial charge in [0.1, 0.15) is 5.75 Å². The Morgan fingerprint density at radius 3 is 2.41 bits per heavy atom. The molecule has 6 nitrogen and oxygen atoms in total. The number of thiazole rings is 1. The fraction of sp³-hybridized carbons (Fsp3) is 0.160. The van der Waals surface area contributed by atoms with Gasteiger partial charge in [0.25, 0.3) is 5.91 Å². The predicted octanol–water partition coefficient (Wildman–Crippen LogP) is 5.18. The molecule has 0 bridgehead atoms. The van der Waals surface area contributed by atoms with Gasteiger partial charge in [-0.3, -0.25) is 14.5 Å². The van der Waals surface area contributed by atoms with E-state index in [0.717, 1.165) is 16.0 Å². The summed E-state index contributed by atoms with van der Waals surface area (Å²) in [6.45, 7) is 2.72. The number of ether oxygens (including phenoxy) is 1. The van der Waals surface area contributed by atoms with Crippen molar-refractivity contribution in [2.75, 3.05) is 18.1 Å². The van der Waals surface area contributed by atoms with Crippen LogP contribution in [0.3, 0.4) is 0 Å². The van der Waals surface area contributed by atoms with Gasteiger partial charge in [-0.15, -0.1) is 0 Å². The third kappa shape index (κ3) is 4.95. The molecule has 0 atom stereocenters. The van der Waals surface area contributed by atoms with Gasteiger partial charge in [0.05, 0.1) is 22.5 Å². The van der Waals surface area contributed by atoms with Crippen LogP contribution in [0.15, 0.2) is 78.9 Å². The maximum atomic E-state index is 13.3. The van der Waals surface area contributed by atoms with Crippen LogP contribution in [0.4, 0.5) is 10.8 Å². The highest BCUT2D eigenvalue weighted by atomic mass is 32.1. The third-order valence-electron chi connectivity index (χ3n) is 4.79. The zero-order chi connectivity index (χ0) is 22.3. The van der Waals surface area contributed by atoms with E-state index in [1.807, 2.05) is 61.5 Å². The second kappa shape index (κ2) is 10.1. The molecular weight excluding hydrogens is 422 g/mol. The number of para-hydroxylation sites is 1. The van der Waals surface area contributed by atoms with Crippen molar-refractivity contribution in [1.82, 2.24) is 10.3 Å². The van der Waals surface area contributed by atoms with Crippen LogP contribution in [-0.4, -0.2) is 29.9 Å². The number of hydrogen-bond acceptors (Lipinski definition) is 5. The molecule has 2 amide bonds. The van der Waals surface area contributed by atoms with Gasteiger partial charge in [-0.05, 0) is 55.5 Å². The molecule has 0 aliphatic rings. The van der Waals surface area contributed by atoms with Gasteiger partial charge in [0.2, 0.25) is 5.91 Å². The molecular formula is C25H23N3O3S. The minimum absolute atomic E-state index is 0.141. The highest BCUT2D eigenvalue weighted by Crippen LogP contribution is 2.34. The number of nitrogens with zero attached hydrogens (tertiary/aromatic N) is 2. The summed E-state index contributed by atoms with van der Waals surface area (Å²) in [5.41, 5.74) is 2.11. The number of fused-ring (bicyclic) bond motifs is 1. The van der Waals surface area contributed by atoms with E-state index in [4.69, 9.17) is 4.74 Å². The van der Waals surface area contributed by atoms with E-state index in [1.54, 1.807) is 29.2 Å². The summed E-state index contributed by atoms with van der Waals surface area (Å²) < 4.78 is 6.53. The van der Waals surface area contributed by atoms with Crippen LogP contribution in [0.5, 0.6) is 5.75 Å². The van der Waals surface area contributed by atoms with Crippen molar-refractivity contribution in [2.24, 2.45) is 0 Å². The molecule has 0 aliphatic heterocycles. The van der Waals surface area contributed by atoms with Crippen molar-refractivity contribution in [3.63, 3.8) is 0 Å². The van der Waals surface area contributed by atoms with Crippen molar-refractivity contribution in [3.05, 3.63) is 84.4 Å². The van der Waals surface area contributed by atoms with Crippen LogP contribution in [0.1, 0.15) is 23.7 Å². The Hall–Kier alpha value is -3.71. The van der Waals surface area contributed by atoms with Crippen LogP contribution in [0.25, 0.3) is 10.2 Å². The van der Waals surface area contributed by atoms with Crippen LogP contribution < -0.4 is 15.0 Å². The van der Waals surface area contributed by atoms with E-state index in [-0.39, 0.29) is 24.8 Å². The first-order chi connectivity index (χ1) is 15.7. The van der Waals surface area contributed by atoms with E-state index in [9.17, 15) is 9.59 Å². The normalized spacial score (nSPS) is 10.7. The van der Waals surface area contributed by atoms with Crippen LogP contribution in [0, 0.1) is 0 Å². The van der Waals surface area contributed by atoms with E-state index >= 15 is 0 Å². The molecule has 4 rings (SSSR count). The summed E-state index contributed by atoms with van der Waals surface area (Å²) in [6.07, 6.45) is 0.141. The van der Waals surface area contributed by atoms with Crippen LogP contribution in [0.2, 0.25) is 0 Å². The maximum absolute atomic E-state index is 13.3. The second-order valence-corrected chi connectivity index (χ2v) is 8.00. The number of aromatic nitrogens is 1. The molecule has 4 aromatic rings. The first kappa shape index (κ1) is 21.5. The molecule has 7 heteroatoms. The minimum Gasteiger partial charge on any atom is -0.494 e. The molecule has 0 unspecified atom stereocenters. The molecule has 1 N–H and O–H groups in total. The zero-order valence-electron chi connectivity index (χ0n) is 17.7. The first-order valence-electron chi connectivity index (χ1n) is 10.4. The van der Waals surface area contributed by atoms with Gasteiger partial charge in [0.15, 0.2) is 5.13 Å². The summed E-state index contributed by atoms with van der Waals surface area (Å²) in [5, 5.41) is 3.41. The van der Waals surface area contributed by atoms with E-state index in [2.05, 4.69) is 10.3 Å². The lowest BCUT2D eigenvalue weighted by molar-refractivity contribution is -0.117. The SMILES string of the molecule is CCOc1ccc(N(C(=O)CCNC(=O)c2ccccc2)c2nc3ccccc3s2)cc1. The fourth-order valence-electron chi connectivity index (χ4n) is 3.26. The number of anilines is 2. The van der Waals surface area contributed by atoms with E-state index in [1.165, 1.54) is 11.3 Å². The van der Waals surface area contributed by atoms with Crippen molar-refractivity contribution >= 4 is 44.2 Å². The van der Waals surface area contributed by atoms with Gasteiger partial charge in [-0.2, -0.15) is 0 Å². The molecule has 0 fully saturated rings. The number of carbonyl (C=O) groups excluding carboxylic acids is 2. The zero-order valence-corrected chi connectivity index (χ0v) is 18.5. The first-order valence-corrected chi connectivity index (χ1v) is 11.2. The Labute approximate surface area is 190 Å². The quantitative estimate of drug-likeness (QED) is 0.406. The summed E-state index contributed by atoms with van der Waals surface area (Å²) in [7, 11) is 0. The predicted molar refractivity (Wildman–Crippen MR) is 128 cm³/mol. The number of nitrogens with one attached hydrogen (secondary N) is 1. The number of hydrogen-bond donors (Lipinski definition) is 1. The third-order valence-corrected chi connectivity index (χ3v) is 5.81. The number of benzene rings is 3. The number of amides is 2. The molecule has 0 spiro atoms. The van der Waals surface area contributed by atoms with Gasteiger partial charge in [0, 0.05) is 18.5 Å². The summed E-state index contributed by atoms with van der Waals surface area (Å²) in [4.78, 5) is 31.8. The van der Waals surface area contributed by atoms with Gasteiger partial charge >= 0.3 is 0 Å². The standard InChI is InChI=1S/C25H23N3O3S/c1-2-31-20-14-12-19(13-15-20)28(25-27-21-10-6-7-11-22(21)32-25)23(29)16-17-26-24(30)18-8-4-3-5-9-18/h3-15H,2,16-17H2,1H3,(H,26,30). The average molecular weight is 446 g/mol. The lowest BCUT2D eigenvalue weighted by Gasteiger charge is -2.20. The Balaban J connectivity index is 1.54. The van der Waals surface area contributed by atoms with Gasteiger partial charge in [-0.1, -0.05) is 41.7 Å². The molecule has 0 aliphatic carbocycles. The molecule has 1 heterocycles. The second-order valence-electron chi connectivity index (χ2n) is 6.99. The highest BCUT2D eigenvalue weighted by Gasteiger charge is 2.22. The van der Waals surface area contributed by atoms with Crippen molar-refractivity contribution < 1.29 is 14.3 Å². The molecule has 1 aromatic heterocycles. The van der Waals surface area contributed by atoms with Crippen LogP contribution in [-0.2, 0) is 4.79 Å². The van der Waals surface area contributed by atoms with Crippen molar-refractivity contribution in [2.45, 2.75) is 13.3 Å². The van der Waals surface area contributed by atoms with E-state index < -0.39 is 0 Å². The monoisotopic (exact) mass is 445 g/mol. The topological polar surface area (TPSA) is 71.5 Å². The fourth-order valence-corrected chi connectivity index (χ4v) is 4.27. The number of rotatable bonds is 8. The largest absolute Gasteiger partial charge is 0.494 e. The van der Waals surface area contributed by atoms with Crippen molar-refractivity contribution in [3.8, 4) is 5.75 Å². The smallest absolute Gasteiger partial charge is 0.251 e. The lowest BCUT2D eigenvalue weighted by Crippen LogP contribution is -2.31. The molecule has 0 radical (unpaired) electrons. The van der Waals surface area contributed by atoms with Gasteiger partial charge in [-0.25, -0.2) is 4.98 Å². The summed E-state index contributed by atoms with van der Waals surface area (Å²) in [5.74, 6) is 0.385. The Morgan fingerprint density at radius 1 is 0.969 bits per heavy atom. The molecule has 32 heavy (non-hydrogen) atoms. The Bertz CT molecular complexity index is 1170. The Kier molecular flexibility index (Phi) is 6.77. The molecule has 0 saturated heterocycles. The van der Waals surface area contributed by atoms with E-state index in [0.29, 0.717) is 23.0 Å². The Morgan fingerprint density at radius 2 is 1.69 bits per heavy atom. The molecule has 162 valence electrons. The maximum Gasteiger partial charge on any atom is 0.251 e. The lowest BCUT2D eigenvalue weighted by atomic mass is 10.2. The van der Waals surface area contributed by atoms with Gasteiger partial charge < -0.3 is 10.1 Å². The molecule has 3 aromatic carbocycles. The minimum atomic E-state index is -0.203. The number of carbonyl (C=O) groups is 2. The summed E-state index contributed by atoms with van der Waals surface area (Å²) in [6, 6.07) is 24.1. The van der Waals surface area contributed by atoms with Crippen LogP contribution >= 0.6 is 11.3 Å². The molecule has 0 saturated carbocycles. The highest BCUT2D eigenvalue weighted by molar-refractivity contribution is 7.22. The van der Waals surface area contributed by atoms with Crippen molar-refractivity contribution in [1.29, 1.82) is 0 Å².